The number of fused-ring (bicyclic) bond motifs is 1. The van der Waals surface area contributed by atoms with Crippen molar-refractivity contribution in [2.45, 2.75) is 19.8 Å². The molecule has 0 aliphatic carbocycles. The van der Waals surface area contributed by atoms with Gasteiger partial charge >= 0.3 is 0 Å². The Labute approximate surface area is 138 Å². The number of thiophene rings is 1. The smallest absolute Gasteiger partial charge is 0.274 e. The fourth-order valence-electron chi connectivity index (χ4n) is 2.98. The summed E-state index contributed by atoms with van der Waals surface area (Å²) in [5, 5.41) is 6.57. The molecular formula is C17H18N4OS. The first kappa shape index (κ1) is 14.4. The molecule has 0 saturated carbocycles. The van der Waals surface area contributed by atoms with Gasteiger partial charge in [0.05, 0.1) is 10.6 Å². The van der Waals surface area contributed by atoms with Crippen LogP contribution in [-0.2, 0) is 0 Å². The molecule has 1 saturated heterocycles. The molecule has 1 fully saturated rings. The molecular weight excluding hydrogens is 308 g/mol. The van der Waals surface area contributed by atoms with Crippen LogP contribution in [0.25, 0.3) is 16.2 Å². The molecule has 0 bridgehead atoms. The highest BCUT2D eigenvalue weighted by Crippen LogP contribution is 2.25. The number of amides is 1. The van der Waals surface area contributed by atoms with Gasteiger partial charge in [-0.25, -0.2) is 9.50 Å². The molecule has 1 aliphatic rings. The van der Waals surface area contributed by atoms with E-state index in [0.29, 0.717) is 17.3 Å². The number of aromatic nitrogens is 3. The van der Waals surface area contributed by atoms with E-state index in [1.54, 1.807) is 28.1 Å². The van der Waals surface area contributed by atoms with Gasteiger partial charge in [0.1, 0.15) is 0 Å². The minimum Gasteiger partial charge on any atom is -0.337 e. The molecule has 4 rings (SSSR count). The zero-order valence-electron chi connectivity index (χ0n) is 13.0. The normalized spacial score (nSPS) is 16.1. The van der Waals surface area contributed by atoms with Crippen LogP contribution in [0.5, 0.6) is 0 Å². The Morgan fingerprint density at radius 2 is 2.13 bits per heavy atom. The summed E-state index contributed by atoms with van der Waals surface area (Å²) >= 11 is 1.65. The van der Waals surface area contributed by atoms with Crippen molar-refractivity contribution < 1.29 is 4.79 Å². The number of nitrogens with zero attached hydrogens (tertiary/aromatic N) is 4. The highest BCUT2D eigenvalue weighted by molar-refractivity contribution is 7.13. The van der Waals surface area contributed by atoms with E-state index in [1.165, 1.54) is 0 Å². The second kappa shape index (κ2) is 5.77. The van der Waals surface area contributed by atoms with E-state index < -0.39 is 0 Å². The SMILES string of the molecule is CC1CCN(C(=O)c2cc3nccc(-c4cccs4)n3n2)CC1. The average Bonchev–Trinajstić information content (AvgIpc) is 3.24. The molecule has 1 aliphatic heterocycles. The minimum absolute atomic E-state index is 0.0135. The van der Waals surface area contributed by atoms with Gasteiger partial charge in [-0.3, -0.25) is 4.79 Å². The lowest BCUT2D eigenvalue weighted by molar-refractivity contribution is 0.0691. The molecule has 23 heavy (non-hydrogen) atoms. The third kappa shape index (κ3) is 2.63. The quantitative estimate of drug-likeness (QED) is 0.726. The minimum atomic E-state index is 0.0135. The summed E-state index contributed by atoms with van der Waals surface area (Å²) in [6.07, 6.45) is 3.90. The third-order valence-corrected chi connectivity index (χ3v) is 5.31. The largest absolute Gasteiger partial charge is 0.337 e. The Morgan fingerprint density at radius 3 is 2.87 bits per heavy atom. The molecule has 118 valence electrons. The topological polar surface area (TPSA) is 50.5 Å². The van der Waals surface area contributed by atoms with Crippen LogP contribution in [0.3, 0.4) is 0 Å². The van der Waals surface area contributed by atoms with Crippen LogP contribution in [0.15, 0.2) is 35.8 Å². The van der Waals surface area contributed by atoms with Gasteiger partial charge in [0, 0.05) is 25.4 Å². The van der Waals surface area contributed by atoms with Gasteiger partial charge in [-0.05, 0) is 36.3 Å². The van der Waals surface area contributed by atoms with Crippen molar-refractivity contribution in [2.75, 3.05) is 13.1 Å². The fourth-order valence-corrected chi connectivity index (χ4v) is 3.72. The second-order valence-corrected chi connectivity index (χ2v) is 7.03. The summed E-state index contributed by atoms with van der Waals surface area (Å²) in [7, 11) is 0. The van der Waals surface area contributed by atoms with E-state index in [4.69, 9.17) is 0 Å². The predicted molar refractivity (Wildman–Crippen MR) is 90.6 cm³/mol. The molecule has 6 heteroatoms. The van der Waals surface area contributed by atoms with E-state index in [2.05, 4.69) is 23.1 Å². The fraction of sp³-hybridized carbons (Fsp3) is 0.353. The molecule has 0 N–H and O–H groups in total. The number of hydrogen-bond acceptors (Lipinski definition) is 4. The van der Waals surface area contributed by atoms with Crippen LogP contribution >= 0.6 is 11.3 Å². The maximum absolute atomic E-state index is 12.7. The van der Waals surface area contributed by atoms with E-state index >= 15 is 0 Å². The van der Waals surface area contributed by atoms with Crippen LogP contribution in [0, 0.1) is 5.92 Å². The van der Waals surface area contributed by atoms with Crippen molar-refractivity contribution in [2.24, 2.45) is 5.92 Å². The van der Waals surface area contributed by atoms with Crippen LogP contribution in [0.4, 0.5) is 0 Å². The standard InChI is InChI=1S/C17H18N4OS/c1-12-5-8-20(9-6-12)17(22)13-11-16-18-7-4-14(21(16)19-13)15-3-2-10-23-15/h2-4,7,10-12H,5-6,8-9H2,1H3. The van der Waals surface area contributed by atoms with Crippen molar-refractivity contribution >= 4 is 22.9 Å². The number of rotatable bonds is 2. The van der Waals surface area contributed by atoms with E-state index in [9.17, 15) is 4.79 Å². The van der Waals surface area contributed by atoms with Crippen molar-refractivity contribution in [1.82, 2.24) is 19.5 Å². The Morgan fingerprint density at radius 1 is 1.30 bits per heavy atom. The maximum atomic E-state index is 12.7. The van der Waals surface area contributed by atoms with Gasteiger partial charge in [-0.1, -0.05) is 13.0 Å². The summed E-state index contributed by atoms with van der Waals surface area (Å²) < 4.78 is 1.77. The maximum Gasteiger partial charge on any atom is 0.274 e. The lowest BCUT2D eigenvalue weighted by Gasteiger charge is -2.29. The first-order chi connectivity index (χ1) is 11.2. The van der Waals surface area contributed by atoms with Gasteiger partial charge in [-0.15, -0.1) is 11.3 Å². The number of hydrogen-bond donors (Lipinski definition) is 0. The number of carbonyl (C=O) groups excluding carboxylic acids is 1. The molecule has 4 heterocycles. The summed E-state index contributed by atoms with van der Waals surface area (Å²) in [5.74, 6) is 0.715. The van der Waals surface area contributed by atoms with Gasteiger partial charge < -0.3 is 4.90 Å². The van der Waals surface area contributed by atoms with Crippen LogP contribution in [0.1, 0.15) is 30.3 Å². The average molecular weight is 326 g/mol. The van der Waals surface area contributed by atoms with E-state index in [0.717, 1.165) is 36.5 Å². The Hall–Kier alpha value is -2.21. The number of piperidine rings is 1. The summed E-state index contributed by atoms with van der Waals surface area (Å²) in [4.78, 5) is 20.1. The van der Waals surface area contributed by atoms with Crippen molar-refractivity contribution in [1.29, 1.82) is 0 Å². The second-order valence-electron chi connectivity index (χ2n) is 6.08. The molecule has 0 radical (unpaired) electrons. The Bertz CT molecular complexity index is 832. The van der Waals surface area contributed by atoms with Crippen LogP contribution < -0.4 is 0 Å². The van der Waals surface area contributed by atoms with Crippen molar-refractivity contribution in [3.8, 4) is 10.6 Å². The van der Waals surface area contributed by atoms with Crippen LogP contribution in [-0.4, -0.2) is 38.5 Å². The number of carbonyl (C=O) groups is 1. The first-order valence-corrected chi connectivity index (χ1v) is 8.78. The van der Waals surface area contributed by atoms with Gasteiger partial charge in [-0.2, -0.15) is 5.10 Å². The lowest BCUT2D eigenvalue weighted by Crippen LogP contribution is -2.38. The molecule has 0 unspecified atom stereocenters. The molecule has 5 nitrogen and oxygen atoms in total. The van der Waals surface area contributed by atoms with Crippen molar-refractivity contribution in [3.63, 3.8) is 0 Å². The van der Waals surface area contributed by atoms with Crippen molar-refractivity contribution in [3.05, 3.63) is 41.5 Å². The molecule has 3 aromatic rings. The van der Waals surface area contributed by atoms with E-state index in [1.807, 2.05) is 22.4 Å². The summed E-state index contributed by atoms with van der Waals surface area (Å²) in [6.45, 7) is 3.88. The molecule has 0 atom stereocenters. The zero-order chi connectivity index (χ0) is 15.8. The van der Waals surface area contributed by atoms with Gasteiger partial charge in [0.25, 0.3) is 5.91 Å². The van der Waals surface area contributed by atoms with Gasteiger partial charge in [0.2, 0.25) is 0 Å². The first-order valence-electron chi connectivity index (χ1n) is 7.90. The van der Waals surface area contributed by atoms with Gasteiger partial charge in [0.15, 0.2) is 11.3 Å². The van der Waals surface area contributed by atoms with Crippen LogP contribution in [0.2, 0.25) is 0 Å². The Kier molecular flexibility index (Phi) is 3.61. The molecule has 0 aromatic carbocycles. The summed E-state index contributed by atoms with van der Waals surface area (Å²) in [5.41, 5.74) is 2.16. The summed E-state index contributed by atoms with van der Waals surface area (Å²) in [6, 6.07) is 7.78. The molecule has 0 spiro atoms. The van der Waals surface area contributed by atoms with E-state index in [-0.39, 0.29) is 5.91 Å². The third-order valence-electron chi connectivity index (χ3n) is 4.42. The predicted octanol–water partition coefficient (Wildman–Crippen LogP) is 3.33. The number of likely N-dealkylation sites (tertiary alicyclic amines) is 1. The Balaban J connectivity index is 1.69. The molecule has 1 amide bonds. The highest BCUT2D eigenvalue weighted by Gasteiger charge is 2.24. The monoisotopic (exact) mass is 326 g/mol. The molecule has 3 aromatic heterocycles. The highest BCUT2D eigenvalue weighted by atomic mass is 32.1. The lowest BCUT2D eigenvalue weighted by atomic mass is 9.99. The zero-order valence-corrected chi connectivity index (χ0v) is 13.8.